The van der Waals surface area contributed by atoms with E-state index in [1.165, 1.54) is 11.1 Å². The Morgan fingerprint density at radius 2 is 1.96 bits per heavy atom. The quantitative estimate of drug-likeness (QED) is 0.677. The lowest BCUT2D eigenvalue weighted by atomic mass is 9.96. The van der Waals surface area contributed by atoms with Crippen molar-refractivity contribution in [2.24, 2.45) is 5.92 Å². The highest BCUT2D eigenvalue weighted by molar-refractivity contribution is 5.74. The van der Waals surface area contributed by atoms with Gasteiger partial charge in [-0.15, -0.1) is 0 Å². The molecule has 25 heavy (non-hydrogen) atoms. The summed E-state index contributed by atoms with van der Waals surface area (Å²) < 4.78 is 0. The third-order valence-electron chi connectivity index (χ3n) is 4.96. The van der Waals surface area contributed by atoms with E-state index in [2.05, 4.69) is 46.7 Å². The number of urea groups is 1. The SMILES string of the molecule is Cc1ccc(CN2CCC(CNC(=O)NC(C)CCCO)CC2)cc1. The van der Waals surface area contributed by atoms with E-state index in [-0.39, 0.29) is 18.7 Å². The van der Waals surface area contributed by atoms with Crippen molar-refractivity contribution >= 4 is 6.03 Å². The number of nitrogens with zero attached hydrogens (tertiary/aromatic N) is 1. The third kappa shape index (κ3) is 7.45. The van der Waals surface area contributed by atoms with Crippen molar-refractivity contribution in [1.82, 2.24) is 15.5 Å². The van der Waals surface area contributed by atoms with E-state index in [0.29, 0.717) is 5.92 Å². The van der Waals surface area contributed by atoms with Crippen LogP contribution in [0.1, 0.15) is 43.7 Å². The number of piperidine rings is 1. The van der Waals surface area contributed by atoms with Gasteiger partial charge in [0, 0.05) is 25.7 Å². The van der Waals surface area contributed by atoms with Crippen LogP contribution in [-0.2, 0) is 6.54 Å². The first-order chi connectivity index (χ1) is 12.1. The highest BCUT2D eigenvalue weighted by Gasteiger charge is 2.20. The van der Waals surface area contributed by atoms with Gasteiger partial charge in [0.25, 0.3) is 0 Å². The van der Waals surface area contributed by atoms with Crippen LogP contribution >= 0.6 is 0 Å². The highest BCUT2D eigenvalue weighted by Crippen LogP contribution is 2.18. The lowest BCUT2D eigenvalue weighted by Crippen LogP contribution is -2.44. The maximum atomic E-state index is 11.9. The largest absolute Gasteiger partial charge is 0.396 e. The average Bonchev–Trinajstić information content (AvgIpc) is 2.61. The predicted molar refractivity (Wildman–Crippen MR) is 101 cm³/mol. The number of aliphatic hydroxyl groups is 1. The molecule has 0 saturated carbocycles. The molecule has 0 bridgehead atoms. The molecule has 1 aliphatic rings. The second-order valence-electron chi connectivity index (χ2n) is 7.33. The van der Waals surface area contributed by atoms with Crippen molar-refractivity contribution in [2.75, 3.05) is 26.2 Å². The number of nitrogens with one attached hydrogen (secondary N) is 2. The smallest absolute Gasteiger partial charge is 0.315 e. The molecule has 140 valence electrons. The first-order valence-electron chi connectivity index (χ1n) is 9.50. The van der Waals surface area contributed by atoms with Gasteiger partial charge in [0.05, 0.1) is 0 Å². The van der Waals surface area contributed by atoms with Crippen LogP contribution in [-0.4, -0.2) is 48.3 Å². The summed E-state index contributed by atoms with van der Waals surface area (Å²) in [5.74, 6) is 0.563. The third-order valence-corrected chi connectivity index (χ3v) is 4.96. The van der Waals surface area contributed by atoms with Gasteiger partial charge in [0.1, 0.15) is 0 Å². The molecular formula is C20H33N3O2. The topological polar surface area (TPSA) is 64.6 Å². The zero-order valence-electron chi connectivity index (χ0n) is 15.6. The molecule has 1 aliphatic heterocycles. The van der Waals surface area contributed by atoms with Crippen LogP contribution in [0.5, 0.6) is 0 Å². The van der Waals surface area contributed by atoms with E-state index in [1.807, 2.05) is 6.92 Å². The summed E-state index contributed by atoms with van der Waals surface area (Å²) in [4.78, 5) is 14.4. The number of amides is 2. The maximum Gasteiger partial charge on any atom is 0.315 e. The van der Waals surface area contributed by atoms with Crippen LogP contribution in [0.25, 0.3) is 0 Å². The Balaban J connectivity index is 1.61. The van der Waals surface area contributed by atoms with E-state index in [0.717, 1.165) is 51.9 Å². The number of carbonyl (C=O) groups is 1. The van der Waals surface area contributed by atoms with Crippen LogP contribution < -0.4 is 10.6 Å². The first kappa shape index (κ1) is 19.7. The average molecular weight is 348 g/mol. The Hall–Kier alpha value is -1.59. The molecule has 1 aromatic rings. The molecule has 1 saturated heterocycles. The van der Waals surface area contributed by atoms with Crippen LogP contribution in [0.4, 0.5) is 4.79 Å². The Morgan fingerprint density at radius 3 is 2.60 bits per heavy atom. The van der Waals surface area contributed by atoms with Crippen LogP contribution in [0, 0.1) is 12.8 Å². The van der Waals surface area contributed by atoms with Gasteiger partial charge >= 0.3 is 6.03 Å². The molecule has 1 atom stereocenters. The fraction of sp³-hybridized carbons (Fsp3) is 0.650. The monoisotopic (exact) mass is 347 g/mol. The summed E-state index contributed by atoms with van der Waals surface area (Å²) in [5.41, 5.74) is 2.68. The van der Waals surface area contributed by atoms with Gasteiger partial charge in [-0.05, 0) is 64.1 Å². The normalized spacial score (nSPS) is 17.2. The minimum absolute atomic E-state index is 0.0903. The van der Waals surface area contributed by atoms with Gasteiger partial charge in [-0.2, -0.15) is 0 Å². The van der Waals surface area contributed by atoms with Crippen molar-refractivity contribution < 1.29 is 9.90 Å². The lowest BCUT2D eigenvalue weighted by molar-refractivity contribution is 0.174. The summed E-state index contributed by atoms with van der Waals surface area (Å²) in [6.07, 6.45) is 3.79. The minimum Gasteiger partial charge on any atom is -0.396 e. The van der Waals surface area contributed by atoms with Crippen LogP contribution in [0.15, 0.2) is 24.3 Å². The van der Waals surface area contributed by atoms with Gasteiger partial charge in [0.2, 0.25) is 0 Å². The van der Waals surface area contributed by atoms with Crippen LogP contribution in [0.3, 0.4) is 0 Å². The summed E-state index contributed by atoms with van der Waals surface area (Å²) in [6.45, 7) is 8.21. The van der Waals surface area contributed by atoms with Gasteiger partial charge in [-0.3, -0.25) is 4.90 Å². The standard InChI is InChI=1S/C20H33N3O2/c1-16-5-7-19(8-6-16)15-23-11-9-18(10-12-23)14-21-20(25)22-17(2)4-3-13-24/h5-8,17-18,24H,3-4,9-15H2,1-2H3,(H2,21,22,25). The predicted octanol–water partition coefficient (Wildman–Crippen LogP) is 2.67. The Bertz CT molecular complexity index is 510. The number of aliphatic hydroxyl groups excluding tert-OH is 1. The lowest BCUT2D eigenvalue weighted by Gasteiger charge is -2.32. The number of benzene rings is 1. The molecule has 0 aromatic heterocycles. The zero-order valence-corrected chi connectivity index (χ0v) is 15.6. The van der Waals surface area contributed by atoms with Crippen molar-refractivity contribution in [3.8, 4) is 0 Å². The van der Waals surface area contributed by atoms with Gasteiger partial charge in [-0.25, -0.2) is 4.79 Å². The van der Waals surface area contributed by atoms with E-state index in [1.54, 1.807) is 0 Å². The molecular weight excluding hydrogens is 314 g/mol. The molecule has 5 nitrogen and oxygen atoms in total. The fourth-order valence-electron chi connectivity index (χ4n) is 3.28. The fourth-order valence-corrected chi connectivity index (χ4v) is 3.28. The number of rotatable bonds is 8. The Labute approximate surface area is 151 Å². The Morgan fingerprint density at radius 1 is 1.28 bits per heavy atom. The second kappa shape index (κ2) is 10.4. The molecule has 1 unspecified atom stereocenters. The maximum absolute atomic E-state index is 11.9. The second-order valence-corrected chi connectivity index (χ2v) is 7.33. The van der Waals surface area contributed by atoms with E-state index < -0.39 is 0 Å². The minimum atomic E-state index is -0.0903. The Kier molecular flexibility index (Phi) is 8.22. The molecule has 0 spiro atoms. The van der Waals surface area contributed by atoms with Crippen molar-refractivity contribution in [3.63, 3.8) is 0 Å². The number of carbonyl (C=O) groups excluding carboxylic acids is 1. The first-order valence-corrected chi connectivity index (χ1v) is 9.50. The zero-order chi connectivity index (χ0) is 18.1. The molecule has 0 radical (unpaired) electrons. The molecule has 0 aliphatic carbocycles. The van der Waals surface area contributed by atoms with Crippen molar-refractivity contribution in [2.45, 2.75) is 52.1 Å². The van der Waals surface area contributed by atoms with Gasteiger partial charge in [-0.1, -0.05) is 29.8 Å². The summed E-state index contributed by atoms with van der Waals surface area (Å²) in [5, 5.41) is 14.7. The summed E-state index contributed by atoms with van der Waals surface area (Å²) >= 11 is 0. The van der Waals surface area contributed by atoms with E-state index in [4.69, 9.17) is 5.11 Å². The molecule has 2 rings (SSSR count). The van der Waals surface area contributed by atoms with E-state index >= 15 is 0 Å². The summed E-state index contributed by atoms with van der Waals surface area (Å²) in [7, 11) is 0. The molecule has 2 amide bonds. The van der Waals surface area contributed by atoms with E-state index in [9.17, 15) is 4.79 Å². The van der Waals surface area contributed by atoms with Gasteiger partial charge in [0.15, 0.2) is 0 Å². The molecule has 3 N–H and O–H groups in total. The highest BCUT2D eigenvalue weighted by atomic mass is 16.3. The molecule has 1 aromatic carbocycles. The van der Waals surface area contributed by atoms with Crippen molar-refractivity contribution in [3.05, 3.63) is 35.4 Å². The molecule has 1 heterocycles. The number of likely N-dealkylation sites (tertiary alicyclic amines) is 1. The summed E-state index contributed by atoms with van der Waals surface area (Å²) in [6, 6.07) is 8.78. The van der Waals surface area contributed by atoms with Crippen molar-refractivity contribution in [1.29, 1.82) is 0 Å². The molecule has 1 fully saturated rings. The number of aryl methyl sites for hydroxylation is 1. The van der Waals surface area contributed by atoms with Crippen LogP contribution in [0.2, 0.25) is 0 Å². The number of hydrogen-bond acceptors (Lipinski definition) is 3. The molecule has 5 heteroatoms. The number of hydrogen-bond donors (Lipinski definition) is 3. The van der Waals surface area contributed by atoms with Gasteiger partial charge < -0.3 is 15.7 Å².